The van der Waals surface area contributed by atoms with Crippen LogP contribution in [0.15, 0.2) is 30.3 Å². The predicted octanol–water partition coefficient (Wildman–Crippen LogP) is 2.20. The van der Waals surface area contributed by atoms with Crippen molar-refractivity contribution >= 4 is 5.91 Å². The van der Waals surface area contributed by atoms with E-state index in [1.165, 1.54) is 24.8 Å². The highest BCUT2D eigenvalue weighted by molar-refractivity contribution is 5.92. The zero-order valence-corrected chi connectivity index (χ0v) is 10.4. The number of carbonyl (C=O) groups is 1. The molecular weight excluding hydrogens is 224 g/mol. The van der Waals surface area contributed by atoms with Gasteiger partial charge in [-0.05, 0) is 37.7 Å². The lowest BCUT2D eigenvalue weighted by molar-refractivity contribution is -0.134. The van der Waals surface area contributed by atoms with Crippen LogP contribution in [-0.4, -0.2) is 22.4 Å². The van der Waals surface area contributed by atoms with Crippen LogP contribution in [0.5, 0.6) is 0 Å². The highest BCUT2D eigenvalue weighted by atomic mass is 16.2. The average molecular weight is 242 g/mol. The monoisotopic (exact) mass is 242 g/mol. The number of carbonyl (C=O) groups excluding carboxylic acids is 1. The van der Waals surface area contributed by atoms with Gasteiger partial charge in [0.1, 0.15) is 11.7 Å². The van der Waals surface area contributed by atoms with Crippen molar-refractivity contribution in [2.75, 3.05) is 0 Å². The molecule has 18 heavy (non-hydrogen) atoms. The maximum Gasteiger partial charge on any atom is 0.244 e. The number of amides is 1. The Kier molecular flexibility index (Phi) is 2.10. The number of hydrogen-bond acceptors (Lipinski definition) is 2. The number of nitrogens with one attached hydrogen (secondary N) is 1. The van der Waals surface area contributed by atoms with Crippen LogP contribution in [0, 0.1) is 0 Å². The molecule has 1 aliphatic heterocycles. The minimum atomic E-state index is -0.198. The fourth-order valence-electron chi connectivity index (χ4n) is 3.16. The van der Waals surface area contributed by atoms with Crippen molar-refractivity contribution in [2.24, 2.45) is 0 Å². The molecular formula is C15H18N2O. The third-order valence-electron chi connectivity index (χ3n) is 4.67. The third kappa shape index (κ3) is 1.37. The van der Waals surface area contributed by atoms with E-state index in [1.807, 2.05) is 6.07 Å². The predicted molar refractivity (Wildman–Crippen MR) is 68.8 cm³/mol. The fraction of sp³-hybridized carbons (Fsp3) is 0.533. The minimum absolute atomic E-state index is 0.103. The van der Waals surface area contributed by atoms with Gasteiger partial charge in [-0.2, -0.15) is 0 Å². The second-order valence-electron chi connectivity index (χ2n) is 5.84. The molecule has 0 bridgehead atoms. The molecule has 2 aliphatic carbocycles. The Labute approximate surface area is 107 Å². The highest BCUT2D eigenvalue weighted by Crippen LogP contribution is 2.48. The summed E-state index contributed by atoms with van der Waals surface area (Å²) in [4.78, 5) is 14.7. The summed E-state index contributed by atoms with van der Waals surface area (Å²) in [5.74, 6) is 0.348. The first-order chi connectivity index (χ1) is 8.80. The van der Waals surface area contributed by atoms with Crippen LogP contribution in [0.1, 0.15) is 43.8 Å². The summed E-state index contributed by atoms with van der Waals surface area (Å²) in [6.07, 6.45) is 5.74. The zero-order chi connectivity index (χ0) is 12.2. The Morgan fingerprint density at radius 2 is 1.89 bits per heavy atom. The van der Waals surface area contributed by atoms with E-state index >= 15 is 0 Å². The maximum absolute atomic E-state index is 12.6. The van der Waals surface area contributed by atoms with Gasteiger partial charge >= 0.3 is 0 Å². The van der Waals surface area contributed by atoms with Crippen LogP contribution in [0.2, 0.25) is 0 Å². The lowest BCUT2D eigenvalue weighted by Gasteiger charge is -2.38. The summed E-state index contributed by atoms with van der Waals surface area (Å²) >= 11 is 0. The molecule has 94 valence electrons. The summed E-state index contributed by atoms with van der Waals surface area (Å²) in [7, 11) is 0. The van der Waals surface area contributed by atoms with Crippen LogP contribution in [0.3, 0.4) is 0 Å². The molecule has 1 unspecified atom stereocenters. The molecule has 3 heteroatoms. The minimum Gasteiger partial charge on any atom is -0.318 e. The van der Waals surface area contributed by atoms with Gasteiger partial charge < -0.3 is 4.90 Å². The number of nitrogens with zero attached hydrogens (tertiary/aromatic N) is 1. The molecule has 1 saturated heterocycles. The molecule has 4 rings (SSSR count). The Hall–Kier alpha value is -1.35. The van der Waals surface area contributed by atoms with E-state index in [1.54, 1.807) is 0 Å². The van der Waals surface area contributed by atoms with Crippen LogP contribution in [-0.2, 0) is 4.79 Å². The first-order valence-corrected chi connectivity index (χ1v) is 6.96. The molecule has 0 radical (unpaired) electrons. The molecule has 1 aromatic rings. The molecule has 0 aromatic heterocycles. The Morgan fingerprint density at radius 3 is 2.44 bits per heavy atom. The van der Waals surface area contributed by atoms with Gasteiger partial charge in [-0.25, -0.2) is 0 Å². The topological polar surface area (TPSA) is 32.3 Å². The van der Waals surface area contributed by atoms with Gasteiger partial charge in [0.05, 0.1) is 0 Å². The quantitative estimate of drug-likeness (QED) is 0.862. The Bertz CT molecular complexity index is 477. The normalized spacial score (nSPS) is 29.7. The first-order valence-electron chi connectivity index (χ1n) is 6.96. The summed E-state index contributed by atoms with van der Waals surface area (Å²) in [5.41, 5.74) is 1.03. The van der Waals surface area contributed by atoms with Crippen molar-refractivity contribution in [2.45, 2.75) is 49.9 Å². The SMILES string of the molecule is O=C1N(C2CCC2)C(c2ccccc2)NC12CC2. The van der Waals surface area contributed by atoms with E-state index < -0.39 is 0 Å². The van der Waals surface area contributed by atoms with E-state index in [0.717, 1.165) is 12.8 Å². The average Bonchev–Trinajstić information content (AvgIpc) is 3.07. The van der Waals surface area contributed by atoms with E-state index in [-0.39, 0.29) is 11.7 Å². The van der Waals surface area contributed by atoms with E-state index in [2.05, 4.69) is 34.5 Å². The van der Waals surface area contributed by atoms with Crippen LogP contribution < -0.4 is 5.32 Å². The zero-order valence-electron chi connectivity index (χ0n) is 10.4. The molecule has 1 N–H and O–H groups in total. The standard InChI is InChI=1S/C15H18N2O/c18-14-15(9-10-15)16-13(11-5-2-1-3-6-11)17(14)12-7-4-8-12/h1-3,5-6,12-13,16H,4,7-10H2. The number of rotatable bonds is 2. The van der Waals surface area contributed by atoms with Crippen molar-refractivity contribution in [1.29, 1.82) is 0 Å². The molecule has 1 aromatic carbocycles. The maximum atomic E-state index is 12.6. The van der Waals surface area contributed by atoms with Gasteiger partial charge in [-0.15, -0.1) is 0 Å². The summed E-state index contributed by atoms with van der Waals surface area (Å²) in [6.45, 7) is 0. The molecule has 2 saturated carbocycles. The third-order valence-corrected chi connectivity index (χ3v) is 4.67. The summed E-state index contributed by atoms with van der Waals surface area (Å²) in [5, 5.41) is 3.58. The van der Waals surface area contributed by atoms with Gasteiger partial charge in [0.2, 0.25) is 5.91 Å². The van der Waals surface area contributed by atoms with Crippen molar-refractivity contribution < 1.29 is 4.79 Å². The van der Waals surface area contributed by atoms with Crippen molar-refractivity contribution in [3.63, 3.8) is 0 Å². The molecule has 3 aliphatic rings. The molecule has 1 amide bonds. The lowest BCUT2D eigenvalue weighted by atomic mass is 9.90. The van der Waals surface area contributed by atoms with E-state index in [4.69, 9.17) is 0 Å². The smallest absolute Gasteiger partial charge is 0.244 e. The molecule has 3 fully saturated rings. The van der Waals surface area contributed by atoms with Gasteiger partial charge in [0.25, 0.3) is 0 Å². The number of hydrogen-bond donors (Lipinski definition) is 1. The largest absolute Gasteiger partial charge is 0.318 e. The molecule has 1 atom stereocenters. The Morgan fingerprint density at radius 1 is 1.17 bits per heavy atom. The van der Waals surface area contributed by atoms with Crippen LogP contribution in [0.4, 0.5) is 0 Å². The van der Waals surface area contributed by atoms with Crippen LogP contribution >= 0.6 is 0 Å². The van der Waals surface area contributed by atoms with Gasteiger partial charge in [-0.1, -0.05) is 30.3 Å². The van der Waals surface area contributed by atoms with Gasteiger partial charge in [0.15, 0.2) is 0 Å². The summed E-state index contributed by atoms with van der Waals surface area (Å²) in [6, 6.07) is 10.9. The Balaban J connectivity index is 1.70. The first kappa shape index (κ1) is 10.6. The highest BCUT2D eigenvalue weighted by Gasteiger charge is 2.60. The van der Waals surface area contributed by atoms with Crippen molar-refractivity contribution in [3.05, 3.63) is 35.9 Å². The lowest BCUT2D eigenvalue weighted by Crippen LogP contribution is -2.44. The second-order valence-corrected chi connectivity index (χ2v) is 5.84. The number of benzene rings is 1. The van der Waals surface area contributed by atoms with Gasteiger partial charge in [-0.3, -0.25) is 10.1 Å². The van der Waals surface area contributed by atoms with Gasteiger partial charge in [0, 0.05) is 6.04 Å². The fourth-order valence-corrected chi connectivity index (χ4v) is 3.16. The molecule has 3 nitrogen and oxygen atoms in total. The van der Waals surface area contributed by atoms with Crippen LogP contribution in [0.25, 0.3) is 0 Å². The van der Waals surface area contributed by atoms with E-state index in [9.17, 15) is 4.79 Å². The van der Waals surface area contributed by atoms with E-state index in [0.29, 0.717) is 11.9 Å². The second kappa shape index (κ2) is 3.58. The summed E-state index contributed by atoms with van der Waals surface area (Å²) < 4.78 is 0. The molecule has 1 heterocycles. The molecule has 1 spiro atoms. The van der Waals surface area contributed by atoms with Crippen molar-refractivity contribution in [1.82, 2.24) is 10.2 Å². The van der Waals surface area contributed by atoms with Crippen molar-refractivity contribution in [3.8, 4) is 0 Å².